The molecule has 2 rings (SSSR count). The number of carbonyl (C=O) groups excluding carboxylic acids is 2. The molecular formula is C17H25N3O3. The van der Waals surface area contributed by atoms with E-state index in [1.54, 1.807) is 7.11 Å². The number of rotatable bonds is 9. The van der Waals surface area contributed by atoms with Gasteiger partial charge in [-0.05, 0) is 30.5 Å². The lowest BCUT2D eigenvalue weighted by Crippen LogP contribution is -2.40. The largest absolute Gasteiger partial charge is 0.497 e. The summed E-state index contributed by atoms with van der Waals surface area (Å²) in [6.07, 6.45) is 2.30. The molecule has 1 aliphatic rings. The third kappa shape index (κ3) is 6.28. The third-order valence-electron chi connectivity index (χ3n) is 3.78. The highest BCUT2D eigenvalue weighted by atomic mass is 16.5. The fraction of sp³-hybridized carbons (Fsp3) is 0.529. The topological polar surface area (TPSA) is 70.7 Å². The molecule has 0 saturated heterocycles. The number of amides is 2. The van der Waals surface area contributed by atoms with Gasteiger partial charge in [0.2, 0.25) is 11.8 Å². The van der Waals surface area contributed by atoms with Gasteiger partial charge in [-0.3, -0.25) is 14.5 Å². The molecular weight excluding hydrogens is 294 g/mol. The molecule has 1 aromatic carbocycles. The van der Waals surface area contributed by atoms with Crippen LogP contribution < -0.4 is 15.4 Å². The van der Waals surface area contributed by atoms with Crippen molar-refractivity contribution in [2.75, 3.05) is 26.7 Å². The first-order chi connectivity index (χ1) is 11.1. The molecule has 0 aromatic heterocycles. The maximum atomic E-state index is 12.0. The van der Waals surface area contributed by atoms with Crippen LogP contribution in [0.5, 0.6) is 5.75 Å². The van der Waals surface area contributed by atoms with E-state index in [-0.39, 0.29) is 11.8 Å². The van der Waals surface area contributed by atoms with E-state index in [4.69, 9.17) is 4.74 Å². The summed E-state index contributed by atoms with van der Waals surface area (Å²) in [6.45, 7) is 3.53. The Bertz CT molecular complexity index is 526. The average Bonchev–Trinajstić information content (AvgIpc) is 3.36. The molecule has 0 aliphatic heterocycles. The van der Waals surface area contributed by atoms with Crippen molar-refractivity contribution >= 4 is 11.8 Å². The standard InChI is InChI=1S/C17H25N3O3/c1-13(21)18-9-10-19-17(22)12-20(15-5-6-15)11-14-3-7-16(23-2)8-4-14/h3-4,7-8,15H,5-6,9-12H2,1-2H3,(H,18,21)(H,19,22). The van der Waals surface area contributed by atoms with Crippen LogP contribution in [0.2, 0.25) is 0 Å². The van der Waals surface area contributed by atoms with Gasteiger partial charge in [0.1, 0.15) is 5.75 Å². The number of nitrogens with zero attached hydrogens (tertiary/aromatic N) is 1. The molecule has 0 unspecified atom stereocenters. The van der Waals surface area contributed by atoms with Gasteiger partial charge in [-0.15, -0.1) is 0 Å². The Kier molecular flexibility index (Phi) is 6.40. The van der Waals surface area contributed by atoms with Crippen molar-refractivity contribution in [3.8, 4) is 5.75 Å². The summed E-state index contributed by atoms with van der Waals surface area (Å²) in [7, 11) is 1.65. The molecule has 2 N–H and O–H groups in total. The summed E-state index contributed by atoms with van der Waals surface area (Å²) in [4.78, 5) is 25.0. The van der Waals surface area contributed by atoms with Crippen LogP contribution in [0.1, 0.15) is 25.3 Å². The summed E-state index contributed by atoms with van der Waals surface area (Å²) in [6, 6.07) is 8.44. The molecule has 0 radical (unpaired) electrons. The van der Waals surface area contributed by atoms with E-state index in [1.165, 1.54) is 12.5 Å². The molecule has 0 spiro atoms. The number of nitrogens with one attached hydrogen (secondary N) is 2. The van der Waals surface area contributed by atoms with E-state index < -0.39 is 0 Å². The number of ether oxygens (including phenoxy) is 1. The second-order valence-electron chi connectivity index (χ2n) is 5.82. The van der Waals surface area contributed by atoms with Gasteiger partial charge in [0.15, 0.2) is 0 Å². The molecule has 1 aromatic rings. The molecule has 0 atom stereocenters. The molecule has 2 amide bonds. The molecule has 6 nitrogen and oxygen atoms in total. The first-order valence-electron chi connectivity index (χ1n) is 7.96. The summed E-state index contributed by atoms with van der Waals surface area (Å²) in [5.74, 6) is 0.747. The van der Waals surface area contributed by atoms with Crippen LogP contribution in [0.4, 0.5) is 0 Å². The maximum absolute atomic E-state index is 12.0. The van der Waals surface area contributed by atoms with Crippen LogP contribution in [0.15, 0.2) is 24.3 Å². The highest BCUT2D eigenvalue weighted by Gasteiger charge is 2.30. The van der Waals surface area contributed by atoms with E-state index in [1.807, 2.05) is 24.3 Å². The van der Waals surface area contributed by atoms with Crippen molar-refractivity contribution in [3.63, 3.8) is 0 Å². The van der Waals surface area contributed by atoms with Gasteiger partial charge in [0, 0.05) is 32.6 Å². The lowest BCUT2D eigenvalue weighted by molar-refractivity contribution is -0.123. The van der Waals surface area contributed by atoms with Gasteiger partial charge in [-0.2, -0.15) is 0 Å². The van der Waals surface area contributed by atoms with E-state index in [2.05, 4.69) is 15.5 Å². The van der Waals surface area contributed by atoms with Crippen molar-refractivity contribution in [1.82, 2.24) is 15.5 Å². The van der Waals surface area contributed by atoms with Gasteiger partial charge in [0.25, 0.3) is 0 Å². The minimum absolute atomic E-state index is 0.00392. The molecule has 1 aliphatic carbocycles. The van der Waals surface area contributed by atoms with Crippen LogP contribution in [0.3, 0.4) is 0 Å². The Labute approximate surface area is 137 Å². The predicted molar refractivity (Wildman–Crippen MR) is 88.1 cm³/mol. The van der Waals surface area contributed by atoms with Crippen molar-refractivity contribution in [2.24, 2.45) is 0 Å². The van der Waals surface area contributed by atoms with Crippen LogP contribution in [0.25, 0.3) is 0 Å². The van der Waals surface area contributed by atoms with Gasteiger partial charge < -0.3 is 15.4 Å². The molecule has 126 valence electrons. The number of hydrogen-bond donors (Lipinski definition) is 2. The first kappa shape index (κ1) is 17.3. The Hall–Kier alpha value is -2.08. The quantitative estimate of drug-likeness (QED) is 0.664. The van der Waals surface area contributed by atoms with Gasteiger partial charge in [0.05, 0.1) is 13.7 Å². The fourth-order valence-corrected chi connectivity index (χ4v) is 2.40. The Balaban J connectivity index is 1.79. The zero-order valence-electron chi connectivity index (χ0n) is 13.8. The average molecular weight is 319 g/mol. The number of benzene rings is 1. The zero-order valence-corrected chi connectivity index (χ0v) is 13.8. The van der Waals surface area contributed by atoms with Crippen molar-refractivity contribution in [2.45, 2.75) is 32.4 Å². The van der Waals surface area contributed by atoms with Gasteiger partial charge in [-0.25, -0.2) is 0 Å². The summed E-state index contributed by atoms with van der Waals surface area (Å²) >= 11 is 0. The highest BCUT2D eigenvalue weighted by molar-refractivity contribution is 5.78. The zero-order chi connectivity index (χ0) is 16.7. The lowest BCUT2D eigenvalue weighted by atomic mass is 10.2. The van der Waals surface area contributed by atoms with E-state index in [0.717, 1.165) is 25.1 Å². The SMILES string of the molecule is COc1ccc(CN(CC(=O)NCCNC(C)=O)C2CC2)cc1. The third-order valence-corrected chi connectivity index (χ3v) is 3.78. The van der Waals surface area contributed by atoms with Crippen molar-refractivity contribution in [3.05, 3.63) is 29.8 Å². The van der Waals surface area contributed by atoms with E-state index in [9.17, 15) is 9.59 Å². The maximum Gasteiger partial charge on any atom is 0.234 e. The summed E-state index contributed by atoms with van der Waals surface area (Å²) in [5.41, 5.74) is 1.17. The van der Waals surface area contributed by atoms with Crippen LogP contribution in [-0.2, 0) is 16.1 Å². The Morgan fingerprint density at radius 3 is 2.39 bits per heavy atom. The summed E-state index contributed by atoms with van der Waals surface area (Å²) < 4.78 is 5.16. The molecule has 0 bridgehead atoms. The smallest absolute Gasteiger partial charge is 0.234 e. The molecule has 1 saturated carbocycles. The monoisotopic (exact) mass is 319 g/mol. The number of carbonyl (C=O) groups is 2. The first-order valence-corrected chi connectivity index (χ1v) is 7.96. The van der Waals surface area contributed by atoms with Crippen molar-refractivity contribution < 1.29 is 14.3 Å². The van der Waals surface area contributed by atoms with E-state index >= 15 is 0 Å². The van der Waals surface area contributed by atoms with E-state index in [0.29, 0.717) is 25.7 Å². The molecule has 1 fully saturated rings. The van der Waals surface area contributed by atoms with Gasteiger partial charge in [-0.1, -0.05) is 12.1 Å². The van der Waals surface area contributed by atoms with Crippen LogP contribution >= 0.6 is 0 Å². The predicted octanol–water partition coefficient (Wildman–Crippen LogP) is 0.912. The van der Waals surface area contributed by atoms with Gasteiger partial charge >= 0.3 is 0 Å². The molecule has 0 heterocycles. The minimum atomic E-state index is -0.0849. The Morgan fingerprint density at radius 1 is 1.17 bits per heavy atom. The Morgan fingerprint density at radius 2 is 1.83 bits per heavy atom. The lowest BCUT2D eigenvalue weighted by Gasteiger charge is -2.21. The molecule has 6 heteroatoms. The number of methoxy groups -OCH3 is 1. The second kappa shape index (κ2) is 8.53. The molecule has 23 heavy (non-hydrogen) atoms. The fourth-order valence-electron chi connectivity index (χ4n) is 2.40. The normalized spacial score (nSPS) is 13.7. The highest BCUT2D eigenvalue weighted by Crippen LogP contribution is 2.28. The second-order valence-corrected chi connectivity index (χ2v) is 5.82. The van der Waals surface area contributed by atoms with Crippen LogP contribution in [0, 0.1) is 0 Å². The summed E-state index contributed by atoms with van der Waals surface area (Å²) in [5, 5.41) is 5.50. The minimum Gasteiger partial charge on any atom is -0.497 e. The van der Waals surface area contributed by atoms with Crippen molar-refractivity contribution in [1.29, 1.82) is 0 Å². The van der Waals surface area contributed by atoms with Crippen LogP contribution in [-0.4, -0.2) is 49.5 Å². The number of hydrogen-bond acceptors (Lipinski definition) is 4.